The molecular weight excluding hydrogens is 234 g/mol. The van der Waals surface area contributed by atoms with Crippen LogP contribution in [0.1, 0.15) is 23.7 Å². The van der Waals surface area contributed by atoms with Crippen molar-refractivity contribution in [1.82, 2.24) is 10.6 Å². The van der Waals surface area contributed by atoms with Crippen LogP contribution in [0.15, 0.2) is 24.3 Å². The van der Waals surface area contributed by atoms with E-state index in [9.17, 15) is 9.59 Å². The van der Waals surface area contributed by atoms with Crippen molar-refractivity contribution in [3.63, 3.8) is 0 Å². The van der Waals surface area contributed by atoms with Crippen LogP contribution in [0.5, 0.6) is 0 Å². The van der Waals surface area contributed by atoms with Gasteiger partial charge in [-0.3, -0.25) is 10.1 Å². The first kappa shape index (κ1) is 12.4. The summed E-state index contributed by atoms with van der Waals surface area (Å²) in [5.41, 5.74) is 0.974. The van der Waals surface area contributed by atoms with E-state index >= 15 is 0 Å². The molecule has 2 unspecified atom stereocenters. The summed E-state index contributed by atoms with van der Waals surface area (Å²) in [7, 11) is 0. The fraction of sp³-hybridized carbons (Fsp3) is 0.333. The molecule has 18 heavy (non-hydrogen) atoms. The second-order valence-corrected chi connectivity index (χ2v) is 4.30. The first-order valence-corrected chi connectivity index (χ1v) is 5.70. The van der Waals surface area contributed by atoms with Crippen molar-refractivity contribution in [2.75, 3.05) is 5.32 Å². The average Bonchev–Trinajstić information content (AvgIpc) is 2.28. The minimum atomic E-state index is -0.959. The number of carboxylic acids is 1. The summed E-state index contributed by atoms with van der Waals surface area (Å²) >= 11 is 0. The first-order chi connectivity index (χ1) is 8.54. The maximum absolute atomic E-state index is 11.3. The Hall–Kier alpha value is -2.08. The zero-order chi connectivity index (χ0) is 13.1. The molecule has 6 heteroatoms. The third kappa shape index (κ3) is 2.98. The number of nitrogens with one attached hydrogen (secondary N) is 3. The van der Waals surface area contributed by atoms with Gasteiger partial charge >= 0.3 is 5.97 Å². The lowest BCUT2D eigenvalue weighted by atomic mass is 10.2. The molecule has 1 aliphatic heterocycles. The smallest absolute Gasteiger partial charge is 0.335 e. The predicted octanol–water partition coefficient (Wildman–Crippen LogP) is 0.578. The molecule has 0 aliphatic carbocycles. The Morgan fingerprint density at radius 1 is 1.39 bits per heavy atom. The maximum atomic E-state index is 11.3. The summed E-state index contributed by atoms with van der Waals surface area (Å²) in [6.07, 6.45) is 0.118. The maximum Gasteiger partial charge on any atom is 0.335 e. The Morgan fingerprint density at radius 2 is 2.06 bits per heavy atom. The molecule has 1 aromatic carbocycles. The fourth-order valence-electron chi connectivity index (χ4n) is 1.84. The highest BCUT2D eigenvalue weighted by molar-refractivity contribution is 5.88. The lowest BCUT2D eigenvalue weighted by Gasteiger charge is -2.30. The van der Waals surface area contributed by atoms with Crippen molar-refractivity contribution in [2.24, 2.45) is 0 Å². The molecule has 1 amide bonds. The van der Waals surface area contributed by atoms with Crippen molar-refractivity contribution in [3.8, 4) is 0 Å². The van der Waals surface area contributed by atoms with E-state index < -0.39 is 5.97 Å². The van der Waals surface area contributed by atoms with Crippen LogP contribution in [0.2, 0.25) is 0 Å². The van der Waals surface area contributed by atoms with Gasteiger partial charge in [0.15, 0.2) is 6.29 Å². The summed E-state index contributed by atoms with van der Waals surface area (Å²) in [6, 6.07) is 6.46. The zero-order valence-corrected chi connectivity index (χ0v) is 9.93. The van der Waals surface area contributed by atoms with Crippen LogP contribution in [0.25, 0.3) is 0 Å². The highest BCUT2D eigenvalue weighted by Gasteiger charge is 2.22. The highest BCUT2D eigenvalue weighted by atomic mass is 16.4. The number of hydrogen-bond acceptors (Lipinski definition) is 4. The minimum Gasteiger partial charge on any atom is -0.478 e. The van der Waals surface area contributed by atoms with Gasteiger partial charge in [0.1, 0.15) is 0 Å². The Kier molecular flexibility index (Phi) is 3.47. The third-order valence-electron chi connectivity index (χ3n) is 2.69. The van der Waals surface area contributed by atoms with E-state index in [0.29, 0.717) is 6.42 Å². The van der Waals surface area contributed by atoms with E-state index in [1.165, 1.54) is 12.1 Å². The Balaban J connectivity index is 2.00. The van der Waals surface area contributed by atoms with Crippen molar-refractivity contribution in [2.45, 2.75) is 25.7 Å². The second kappa shape index (κ2) is 5.05. The Labute approximate surface area is 104 Å². The van der Waals surface area contributed by atoms with Crippen LogP contribution >= 0.6 is 0 Å². The van der Waals surface area contributed by atoms with Gasteiger partial charge in [0, 0.05) is 18.2 Å². The van der Waals surface area contributed by atoms with Gasteiger partial charge in [0.25, 0.3) is 0 Å². The molecule has 1 heterocycles. The Bertz CT molecular complexity index is 458. The molecule has 1 aromatic rings. The molecule has 0 saturated carbocycles. The second-order valence-electron chi connectivity index (χ2n) is 4.30. The lowest BCUT2D eigenvalue weighted by molar-refractivity contribution is -0.123. The van der Waals surface area contributed by atoms with Crippen LogP contribution in [0.3, 0.4) is 0 Å². The third-order valence-corrected chi connectivity index (χ3v) is 2.69. The van der Waals surface area contributed by atoms with Gasteiger partial charge in [0.2, 0.25) is 5.91 Å². The van der Waals surface area contributed by atoms with E-state index in [4.69, 9.17) is 5.11 Å². The fourth-order valence-corrected chi connectivity index (χ4v) is 1.84. The van der Waals surface area contributed by atoms with E-state index in [0.717, 1.165) is 5.69 Å². The summed E-state index contributed by atoms with van der Waals surface area (Å²) in [5, 5.41) is 17.8. The number of carbonyl (C=O) groups is 2. The molecule has 2 rings (SSSR count). The van der Waals surface area contributed by atoms with Gasteiger partial charge in [-0.05, 0) is 31.2 Å². The standard InChI is InChI=1S/C12H15N3O3/c1-7-6-10(16)15-12(13-7)14-9-4-2-8(3-5-9)11(17)18/h2-5,7,12-14H,6H2,1H3,(H,15,16)(H,17,18). The van der Waals surface area contributed by atoms with Crippen LogP contribution in [0, 0.1) is 0 Å². The Morgan fingerprint density at radius 3 is 2.61 bits per heavy atom. The van der Waals surface area contributed by atoms with Crippen molar-refractivity contribution < 1.29 is 14.7 Å². The first-order valence-electron chi connectivity index (χ1n) is 5.70. The number of rotatable bonds is 3. The molecule has 4 N–H and O–H groups in total. The van der Waals surface area contributed by atoms with Gasteiger partial charge in [-0.15, -0.1) is 0 Å². The van der Waals surface area contributed by atoms with Gasteiger partial charge in [-0.1, -0.05) is 0 Å². The van der Waals surface area contributed by atoms with E-state index in [1.807, 2.05) is 6.92 Å². The SMILES string of the molecule is CC1CC(=O)NC(Nc2ccc(C(=O)O)cc2)N1. The molecule has 0 aromatic heterocycles. The number of anilines is 1. The van der Waals surface area contributed by atoms with Gasteiger partial charge in [0.05, 0.1) is 5.56 Å². The van der Waals surface area contributed by atoms with E-state index in [1.54, 1.807) is 12.1 Å². The molecule has 0 spiro atoms. The van der Waals surface area contributed by atoms with Gasteiger partial charge in [-0.2, -0.15) is 0 Å². The van der Waals surface area contributed by atoms with E-state index in [2.05, 4.69) is 16.0 Å². The van der Waals surface area contributed by atoms with Crippen molar-refractivity contribution in [1.29, 1.82) is 0 Å². The molecular formula is C12H15N3O3. The van der Waals surface area contributed by atoms with Crippen molar-refractivity contribution >= 4 is 17.6 Å². The van der Waals surface area contributed by atoms with Gasteiger partial charge < -0.3 is 15.7 Å². The molecule has 2 atom stereocenters. The van der Waals surface area contributed by atoms with Crippen LogP contribution in [-0.2, 0) is 4.79 Å². The van der Waals surface area contributed by atoms with Crippen LogP contribution < -0.4 is 16.0 Å². The molecule has 6 nitrogen and oxygen atoms in total. The molecule has 96 valence electrons. The molecule has 0 bridgehead atoms. The summed E-state index contributed by atoms with van der Waals surface area (Å²) in [5.74, 6) is -0.972. The summed E-state index contributed by atoms with van der Waals surface area (Å²) < 4.78 is 0. The molecule has 1 fully saturated rings. The topological polar surface area (TPSA) is 90.5 Å². The molecule has 1 saturated heterocycles. The van der Waals surface area contributed by atoms with Crippen LogP contribution in [-0.4, -0.2) is 29.3 Å². The normalized spacial score (nSPS) is 23.3. The molecule has 0 radical (unpaired) electrons. The molecule has 1 aliphatic rings. The van der Waals surface area contributed by atoms with Gasteiger partial charge in [-0.25, -0.2) is 4.79 Å². The van der Waals surface area contributed by atoms with Crippen molar-refractivity contribution in [3.05, 3.63) is 29.8 Å². The number of carboxylic acid groups (broad SMARTS) is 1. The number of amides is 1. The average molecular weight is 249 g/mol. The largest absolute Gasteiger partial charge is 0.478 e. The summed E-state index contributed by atoms with van der Waals surface area (Å²) in [6.45, 7) is 1.93. The lowest BCUT2D eigenvalue weighted by Crippen LogP contribution is -2.59. The number of aromatic carboxylic acids is 1. The zero-order valence-electron chi connectivity index (χ0n) is 9.93. The number of carbonyl (C=O) groups excluding carboxylic acids is 1. The van der Waals surface area contributed by atoms with Crippen LogP contribution in [0.4, 0.5) is 5.69 Å². The van der Waals surface area contributed by atoms with E-state index in [-0.39, 0.29) is 23.8 Å². The quantitative estimate of drug-likeness (QED) is 0.629. The highest BCUT2D eigenvalue weighted by Crippen LogP contribution is 2.11. The number of benzene rings is 1. The summed E-state index contributed by atoms with van der Waals surface area (Å²) in [4.78, 5) is 22.0. The monoisotopic (exact) mass is 249 g/mol. The number of hydrogen-bond donors (Lipinski definition) is 4. The minimum absolute atomic E-state index is 0.0130. The predicted molar refractivity (Wildman–Crippen MR) is 66.2 cm³/mol.